The van der Waals surface area contributed by atoms with Crippen LogP contribution in [0.25, 0.3) is 22.4 Å². The smallest absolute Gasteiger partial charge is 0.287 e. The number of nitrogens with one attached hydrogen (secondary N) is 2. The van der Waals surface area contributed by atoms with Crippen LogP contribution >= 0.6 is 11.8 Å². The highest BCUT2D eigenvalue weighted by Crippen LogP contribution is 2.27. The van der Waals surface area contributed by atoms with Gasteiger partial charge >= 0.3 is 0 Å². The van der Waals surface area contributed by atoms with Gasteiger partial charge in [0.1, 0.15) is 11.2 Å². The summed E-state index contributed by atoms with van der Waals surface area (Å²) in [5.41, 5.74) is 4.41. The monoisotopic (exact) mass is 302 g/mol. The minimum atomic E-state index is -0.696. The highest BCUT2D eigenvalue weighted by Gasteiger charge is 2.15. The summed E-state index contributed by atoms with van der Waals surface area (Å²) in [7, 11) is 0. The third-order valence-corrected chi connectivity index (χ3v) is 3.34. The minimum absolute atomic E-state index is 0.0921. The van der Waals surface area contributed by atoms with Crippen LogP contribution in [-0.4, -0.2) is 31.2 Å². The number of hydrogen-bond acceptors (Lipinski definition) is 6. The van der Waals surface area contributed by atoms with Gasteiger partial charge < -0.3 is 4.98 Å². The van der Waals surface area contributed by atoms with Crippen LogP contribution in [-0.2, 0) is 0 Å². The van der Waals surface area contributed by atoms with E-state index in [4.69, 9.17) is 0 Å². The number of aromatic nitrogens is 4. The van der Waals surface area contributed by atoms with E-state index < -0.39 is 5.03 Å². The van der Waals surface area contributed by atoms with Crippen molar-refractivity contribution in [1.29, 1.82) is 0 Å². The zero-order chi connectivity index (χ0) is 14.8. The van der Waals surface area contributed by atoms with Crippen molar-refractivity contribution in [2.75, 3.05) is 11.7 Å². The molecule has 0 unspecified atom stereocenters. The topological polar surface area (TPSA) is 110 Å². The fraction of sp³-hybridized carbons (Fsp3) is 0.0833. The van der Waals surface area contributed by atoms with Crippen LogP contribution in [0.15, 0.2) is 35.5 Å². The molecule has 3 aromatic rings. The van der Waals surface area contributed by atoms with E-state index in [1.165, 1.54) is 11.8 Å². The molecule has 21 heavy (non-hydrogen) atoms. The quantitative estimate of drug-likeness (QED) is 0.432. The van der Waals surface area contributed by atoms with E-state index in [1.807, 2.05) is 42.0 Å². The van der Waals surface area contributed by atoms with E-state index in [9.17, 15) is 10.1 Å². The van der Waals surface area contributed by atoms with E-state index >= 15 is 0 Å². The van der Waals surface area contributed by atoms with Gasteiger partial charge in [0.2, 0.25) is 0 Å². The van der Waals surface area contributed by atoms with Crippen LogP contribution in [0.4, 0.5) is 5.95 Å². The lowest BCUT2D eigenvalue weighted by molar-refractivity contribution is -0.446. The molecule has 0 aliphatic carbocycles. The molecule has 0 saturated heterocycles. The number of hydrogen-bond donors (Lipinski definition) is 2. The molecule has 0 radical (unpaired) electrons. The van der Waals surface area contributed by atoms with E-state index in [0.717, 1.165) is 5.56 Å². The average Bonchev–Trinajstić information content (AvgIpc) is 2.89. The highest BCUT2D eigenvalue weighted by molar-refractivity contribution is 7.98. The molecule has 0 amide bonds. The van der Waals surface area contributed by atoms with Crippen molar-refractivity contribution in [3.8, 4) is 11.3 Å². The lowest BCUT2D eigenvalue weighted by Crippen LogP contribution is -2.11. The summed E-state index contributed by atoms with van der Waals surface area (Å²) in [6, 6.07) is 9.37. The van der Waals surface area contributed by atoms with Crippen molar-refractivity contribution in [3.05, 3.63) is 40.4 Å². The summed E-state index contributed by atoms with van der Waals surface area (Å²) in [5, 5.41) is 10.6. The Hall–Kier alpha value is -2.68. The van der Waals surface area contributed by atoms with Gasteiger partial charge in [-0.2, -0.15) is 4.98 Å². The van der Waals surface area contributed by atoms with Gasteiger partial charge in [0.15, 0.2) is 15.8 Å². The Morgan fingerprint density at radius 2 is 2.00 bits per heavy atom. The summed E-state index contributed by atoms with van der Waals surface area (Å²) in [4.78, 5) is 26.3. The Morgan fingerprint density at radius 1 is 1.24 bits per heavy atom. The number of H-pyrrole nitrogens is 1. The van der Waals surface area contributed by atoms with Gasteiger partial charge in [-0.05, 0) is 6.26 Å². The fourth-order valence-corrected chi connectivity index (χ4v) is 2.29. The summed E-state index contributed by atoms with van der Waals surface area (Å²) < 4.78 is 0. The van der Waals surface area contributed by atoms with Crippen molar-refractivity contribution in [2.45, 2.75) is 5.16 Å². The molecule has 2 heterocycles. The number of nitro groups is 1. The van der Waals surface area contributed by atoms with Crippen LogP contribution in [0.3, 0.4) is 0 Å². The molecule has 106 valence electrons. The summed E-state index contributed by atoms with van der Waals surface area (Å²) in [6.45, 7) is 0. The maximum absolute atomic E-state index is 10.6. The predicted molar refractivity (Wildman–Crippen MR) is 79.5 cm³/mol. The first-order valence-electron chi connectivity index (χ1n) is 5.95. The second kappa shape index (κ2) is 5.37. The van der Waals surface area contributed by atoms with Crippen molar-refractivity contribution < 1.29 is 5.03 Å². The molecule has 0 spiro atoms. The Balaban J connectivity index is 2.23. The number of hydrazine groups is 1. The molecule has 3 rings (SSSR count). The first-order valence-corrected chi connectivity index (χ1v) is 7.18. The molecule has 0 fully saturated rings. The molecule has 0 saturated carbocycles. The number of benzene rings is 1. The van der Waals surface area contributed by atoms with Crippen LogP contribution < -0.4 is 5.43 Å². The summed E-state index contributed by atoms with van der Waals surface area (Å²) in [6.07, 6.45) is 1.88. The normalized spacial score (nSPS) is 10.7. The third-order valence-electron chi connectivity index (χ3n) is 2.76. The number of rotatable bonds is 4. The summed E-state index contributed by atoms with van der Waals surface area (Å²) in [5.74, 6) is -0.0921. The minimum Gasteiger partial charge on any atom is -0.330 e. The molecule has 1 aromatic carbocycles. The average molecular weight is 302 g/mol. The van der Waals surface area contributed by atoms with Gasteiger partial charge in [-0.25, -0.2) is 20.1 Å². The molecular weight excluding hydrogens is 292 g/mol. The van der Waals surface area contributed by atoms with Gasteiger partial charge in [-0.3, -0.25) is 0 Å². The standard InChI is InChI=1S/C12H10N6O2S/c1-21-12-14-9-8(7-5-3-2-4-6-7)13-11(17-18(19)20)15-10(9)16-12/h2-6H,1H3,(H2,13,14,15,16,17). The third kappa shape index (κ3) is 2.63. The van der Waals surface area contributed by atoms with E-state index in [0.29, 0.717) is 22.0 Å². The van der Waals surface area contributed by atoms with Gasteiger partial charge in [0.25, 0.3) is 5.95 Å². The van der Waals surface area contributed by atoms with Crippen molar-refractivity contribution in [3.63, 3.8) is 0 Å². The second-order valence-corrected chi connectivity index (χ2v) is 4.87. The van der Waals surface area contributed by atoms with Gasteiger partial charge in [0, 0.05) is 5.56 Å². The largest absolute Gasteiger partial charge is 0.330 e. The number of fused-ring (bicyclic) bond motifs is 1. The van der Waals surface area contributed by atoms with Gasteiger partial charge in [-0.15, -0.1) is 0 Å². The molecule has 8 nitrogen and oxygen atoms in total. The van der Waals surface area contributed by atoms with Crippen molar-refractivity contribution >= 4 is 28.9 Å². The Labute approximate surface area is 123 Å². The molecule has 2 aromatic heterocycles. The number of thioether (sulfide) groups is 1. The van der Waals surface area contributed by atoms with Crippen molar-refractivity contribution in [2.24, 2.45) is 0 Å². The summed E-state index contributed by atoms with van der Waals surface area (Å²) >= 11 is 1.43. The molecule has 0 aliphatic rings. The molecule has 0 atom stereocenters. The van der Waals surface area contributed by atoms with Gasteiger partial charge in [-0.1, -0.05) is 47.5 Å². The van der Waals surface area contributed by atoms with Gasteiger partial charge in [0.05, 0.1) is 0 Å². The van der Waals surface area contributed by atoms with Crippen LogP contribution in [0.5, 0.6) is 0 Å². The van der Waals surface area contributed by atoms with E-state index in [2.05, 4.69) is 19.9 Å². The molecule has 0 bridgehead atoms. The Kier molecular flexibility index (Phi) is 3.40. The van der Waals surface area contributed by atoms with E-state index in [1.54, 1.807) is 0 Å². The number of aromatic amines is 1. The zero-order valence-electron chi connectivity index (χ0n) is 10.9. The lowest BCUT2D eigenvalue weighted by atomic mass is 10.1. The predicted octanol–water partition coefficient (Wildman–Crippen LogP) is 2.35. The first-order chi connectivity index (χ1) is 10.2. The fourth-order valence-electron chi connectivity index (χ4n) is 1.91. The number of nitrogens with zero attached hydrogens (tertiary/aromatic N) is 4. The van der Waals surface area contributed by atoms with Crippen LogP contribution in [0.1, 0.15) is 0 Å². The second-order valence-electron chi connectivity index (χ2n) is 4.08. The Bertz CT molecular complexity index is 804. The molecule has 2 N–H and O–H groups in total. The first kappa shape index (κ1) is 13.3. The maximum Gasteiger partial charge on any atom is 0.287 e. The lowest BCUT2D eigenvalue weighted by Gasteiger charge is -2.03. The molecule has 0 aliphatic heterocycles. The number of anilines is 1. The molecule has 9 heteroatoms. The van der Waals surface area contributed by atoms with E-state index in [-0.39, 0.29) is 5.95 Å². The highest BCUT2D eigenvalue weighted by atomic mass is 32.2. The Morgan fingerprint density at radius 3 is 2.67 bits per heavy atom. The van der Waals surface area contributed by atoms with Crippen LogP contribution in [0, 0.1) is 10.1 Å². The maximum atomic E-state index is 10.6. The number of imidazole rings is 1. The zero-order valence-corrected chi connectivity index (χ0v) is 11.7. The van der Waals surface area contributed by atoms with Crippen LogP contribution in [0.2, 0.25) is 0 Å². The van der Waals surface area contributed by atoms with Crippen molar-refractivity contribution in [1.82, 2.24) is 19.9 Å². The SMILES string of the molecule is CSc1nc2nc(N[N+](=O)[O-])nc(-c3ccccc3)c2[nH]1. The molecular formula is C12H10N6O2S.